The van der Waals surface area contributed by atoms with Crippen LogP contribution in [0.5, 0.6) is 5.75 Å². The number of amides is 1. The van der Waals surface area contributed by atoms with E-state index in [1.165, 1.54) is 0 Å². The number of methoxy groups -OCH3 is 1. The highest BCUT2D eigenvalue weighted by Gasteiger charge is 2.26. The molecular formula is C19H24N4O2. The van der Waals surface area contributed by atoms with E-state index < -0.39 is 0 Å². The molecule has 6 nitrogen and oxygen atoms in total. The van der Waals surface area contributed by atoms with Gasteiger partial charge in [-0.15, -0.1) is 0 Å². The summed E-state index contributed by atoms with van der Waals surface area (Å²) in [5.41, 5.74) is 1.10. The van der Waals surface area contributed by atoms with Crippen LogP contribution in [0.2, 0.25) is 0 Å². The van der Waals surface area contributed by atoms with E-state index in [1.807, 2.05) is 24.3 Å². The second kappa shape index (κ2) is 8.46. The number of carbonyl (C=O) groups is 1. The monoisotopic (exact) mass is 340 g/mol. The number of para-hydroxylation sites is 1. The van der Waals surface area contributed by atoms with Gasteiger partial charge in [-0.2, -0.15) is 0 Å². The molecular weight excluding hydrogens is 316 g/mol. The number of rotatable bonds is 6. The van der Waals surface area contributed by atoms with Crippen LogP contribution in [0.15, 0.2) is 42.7 Å². The van der Waals surface area contributed by atoms with Crippen molar-refractivity contribution in [3.05, 3.63) is 48.3 Å². The summed E-state index contributed by atoms with van der Waals surface area (Å²) in [6, 6.07) is 9.70. The lowest BCUT2D eigenvalue weighted by molar-refractivity contribution is -0.125. The third-order valence-electron chi connectivity index (χ3n) is 4.51. The molecule has 0 radical (unpaired) electrons. The molecule has 25 heavy (non-hydrogen) atoms. The lowest BCUT2D eigenvalue weighted by Crippen LogP contribution is -2.44. The first kappa shape index (κ1) is 17.2. The number of hydrogen-bond donors (Lipinski definition) is 1. The summed E-state index contributed by atoms with van der Waals surface area (Å²) < 4.78 is 5.35. The lowest BCUT2D eigenvalue weighted by atomic mass is 9.97. The quantitative estimate of drug-likeness (QED) is 0.872. The third kappa shape index (κ3) is 4.47. The average molecular weight is 340 g/mol. The number of aromatic nitrogens is 2. The van der Waals surface area contributed by atoms with Gasteiger partial charge in [0.1, 0.15) is 5.75 Å². The highest BCUT2D eigenvalue weighted by molar-refractivity contribution is 5.79. The summed E-state index contributed by atoms with van der Waals surface area (Å²) >= 11 is 0. The van der Waals surface area contributed by atoms with Crippen molar-refractivity contribution in [2.75, 3.05) is 31.6 Å². The second-order valence-electron chi connectivity index (χ2n) is 6.19. The van der Waals surface area contributed by atoms with Crippen molar-refractivity contribution in [2.24, 2.45) is 5.92 Å². The molecule has 0 spiro atoms. The van der Waals surface area contributed by atoms with Crippen LogP contribution in [0.4, 0.5) is 5.95 Å². The van der Waals surface area contributed by atoms with Crippen LogP contribution in [0, 0.1) is 5.92 Å². The predicted octanol–water partition coefficient (Wildman–Crippen LogP) is 2.06. The Labute approximate surface area is 148 Å². The van der Waals surface area contributed by atoms with E-state index in [1.54, 1.807) is 25.6 Å². The number of nitrogens with one attached hydrogen (secondary N) is 1. The molecule has 6 heteroatoms. The second-order valence-corrected chi connectivity index (χ2v) is 6.19. The molecule has 0 saturated carbocycles. The Morgan fingerprint density at radius 2 is 2.08 bits per heavy atom. The average Bonchev–Trinajstić information content (AvgIpc) is 2.69. The van der Waals surface area contributed by atoms with Gasteiger partial charge in [-0.25, -0.2) is 9.97 Å². The highest BCUT2D eigenvalue weighted by Crippen LogP contribution is 2.20. The molecule has 132 valence electrons. The zero-order chi connectivity index (χ0) is 17.5. The van der Waals surface area contributed by atoms with E-state index in [-0.39, 0.29) is 11.8 Å². The Kier molecular flexibility index (Phi) is 5.82. The number of anilines is 1. The first-order valence-corrected chi connectivity index (χ1v) is 8.69. The maximum atomic E-state index is 12.5. The van der Waals surface area contributed by atoms with Crippen LogP contribution in [0.1, 0.15) is 18.4 Å². The number of piperidine rings is 1. The molecule has 1 fully saturated rings. The molecule has 2 aromatic rings. The fraction of sp³-hybridized carbons (Fsp3) is 0.421. The summed E-state index contributed by atoms with van der Waals surface area (Å²) in [5, 5.41) is 3.06. The Balaban J connectivity index is 1.51. The van der Waals surface area contributed by atoms with Gasteiger partial charge in [0.05, 0.1) is 13.0 Å². The number of ether oxygens (including phenoxy) is 1. The summed E-state index contributed by atoms with van der Waals surface area (Å²) in [6.45, 7) is 2.18. The molecule has 1 amide bonds. The van der Waals surface area contributed by atoms with E-state index >= 15 is 0 Å². The Hall–Kier alpha value is -2.63. The van der Waals surface area contributed by atoms with Crippen molar-refractivity contribution in [1.82, 2.24) is 15.3 Å². The van der Waals surface area contributed by atoms with Gasteiger partial charge < -0.3 is 15.0 Å². The van der Waals surface area contributed by atoms with Crippen molar-refractivity contribution in [1.29, 1.82) is 0 Å². The van der Waals surface area contributed by atoms with Gasteiger partial charge in [0.2, 0.25) is 11.9 Å². The number of nitrogens with zero attached hydrogens (tertiary/aromatic N) is 3. The largest absolute Gasteiger partial charge is 0.496 e. The van der Waals surface area contributed by atoms with Crippen molar-refractivity contribution >= 4 is 11.9 Å². The minimum absolute atomic E-state index is 0.0183. The van der Waals surface area contributed by atoms with Crippen LogP contribution in [0.25, 0.3) is 0 Å². The SMILES string of the molecule is COc1ccccc1CCNC(=O)[C@H]1CCCN(c2ncccn2)C1. The maximum Gasteiger partial charge on any atom is 0.225 e. The van der Waals surface area contributed by atoms with Gasteiger partial charge in [-0.1, -0.05) is 18.2 Å². The van der Waals surface area contributed by atoms with Crippen LogP contribution in [-0.2, 0) is 11.2 Å². The van der Waals surface area contributed by atoms with Gasteiger partial charge in [-0.05, 0) is 37.0 Å². The Morgan fingerprint density at radius 3 is 2.88 bits per heavy atom. The summed E-state index contributed by atoms with van der Waals surface area (Å²) in [6.07, 6.45) is 6.11. The van der Waals surface area contributed by atoms with Gasteiger partial charge >= 0.3 is 0 Å². The Bertz CT molecular complexity index is 693. The molecule has 1 aliphatic rings. The van der Waals surface area contributed by atoms with E-state index in [9.17, 15) is 4.79 Å². The first-order valence-electron chi connectivity index (χ1n) is 8.69. The van der Waals surface area contributed by atoms with Crippen LogP contribution >= 0.6 is 0 Å². The van der Waals surface area contributed by atoms with Crippen LogP contribution < -0.4 is 15.0 Å². The van der Waals surface area contributed by atoms with E-state index in [4.69, 9.17) is 4.74 Å². The molecule has 1 atom stereocenters. The molecule has 0 aliphatic carbocycles. The summed E-state index contributed by atoms with van der Waals surface area (Å²) in [4.78, 5) is 23.2. The number of hydrogen-bond acceptors (Lipinski definition) is 5. The maximum absolute atomic E-state index is 12.5. The molecule has 3 rings (SSSR count). The molecule has 1 aliphatic heterocycles. The summed E-state index contributed by atoms with van der Waals surface area (Å²) in [5.74, 6) is 1.65. The highest BCUT2D eigenvalue weighted by atomic mass is 16.5. The minimum atomic E-state index is -0.0183. The zero-order valence-corrected chi connectivity index (χ0v) is 14.5. The molecule has 1 aromatic heterocycles. The molecule has 1 aromatic carbocycles. The third-order valence-corrected chi connectivity index (χ3v) is 4.51. The van der Waals surface area contributed by atoms with E-state index in [0.717, 1.165) is 37.1 Å². The van der Waals surface area contributed by atoms with Crippen LogP contribution in [-0.4, -0.2) is 42.6 Å². The fourth-order valence-electron chi connectivity index (χ4n) is 3.20. The number of benzene rings is 1. The van der Waals surface area contributed by atoms with Gasteiger partial charge in [0.25, 0.3) is 0 Å². The van der Waals surface area contributed by atoms with Crippen molar-refractivity contribution in [2.45, 2.75) is 19.3 Å². The molecule has 2 heterocycles. The predicted molar refractivity (Wildman–Crippen MR) is 96.7 cm³/mol. The lowest BCUT2D eigenvalue weighted by Gasteiger charge is -2.31. The Morgan fingerprint density at radius 1 is 1.28 bits per heavy atom. The van der Waals surface area contributed by atoms with Gasteiger partial charge in [0.15, 0.2) is 0 Å². The minimum Gasteiger partial charge on any atom is -0.496 e. The molecule has 0 bridgehead atoms. The zero-order valence-electron chi connectivity index (χ0n) is 14.5. The smallest absolute Gasteiger partial charge is 0.225 e. The first-order chi connectivity index (χ1) is 12.3. The van der Waals surface area contributed by atoms with E-state index in [2.05, 4.69) is 20.2 Å². The standard InChI is InChI=1S/C19H24N4O2/c1-25-17-8-3-2-6-15(17)9-12-20-18(24)16-7-4-13-23(14-16)19-21-10-5-11-22-19/h2-3,5-6,8,10-11,16H,4,7,9,12-14H2,1H3,(H,20,24)/t16-/m0/s1. The van der Waals surface area contributed by atoms with Crippen molar-refractivity contribution < 1.29 is 9.53 Å². The van der Waals surface area contributed by atoms with Gasteiger partial charge in [-0.3, -0.25) is 4.79 Å². The van der Waals surface area contributed by atoms with Crippen molar-refractivity contribution in [3.63, 3.8) is 0 Å². The van der Waals surface area contributed by atoms with E-state index in [0.29, 0.717) is 19.0 Å². The number of carbonyl (C=O) groups excluding carboxylic acids is 1. The molecule has 1 saturated heterocycles. The van der Waals surface area contributed by atoms with Gasteiger partial charge in [0, 0.05) is 32.0 Å². The molecule has 0 unspecified atom stereocenters. The fourth-order valence-corrected chi connectivity index (χ4v) is 3.20. The van der Waals surface area contributed by atoms with Crippen molar-refractivity contribution in [3.8, 4) is 5.75 Å². The van der Waals surface area contributed by atoms with Crippen LogP contribution in [0.3, 0.4) is 0 Å². The summed E-state index contributed by atoms with van der Waals surface area (Å²) in [7, 11) is 1.67. The topological polar surface area (TPSA) is 67.3 Å². The normalized spacial score (nSPS) is 17.2. The molecule has 1 N–H and O–H groups in total.